The Bertz CT molecular complexity index is 879. The number of carboxylic acid groups (broad SMARTS) is 1. The van der Waals surface area contributed by atoms with Crippen molar-refractivity contribution in [3.8, 4) is 0 Å². The number of anilines is 1. The molecule has 0 unspecified atom stereocenters. The highest BCUT2D eigenvalue weighted by atomic mass is 16.4. The Labute approximate surface area is 178 Å². The molecule has 6 nitrogen and oxygen atoms in total. The van der Waals surface area contributed by atoms with Crippen LogP contribution >= 0.6 is 0 Å². The largest absolute Gasteiger partial charge is 0.478 e. The lowest BCUT2D eigenvalue weighted by Gasteiger charge is -2.39. The molecule has 0 atom stereocenters. The number of carboxylic acids is 1. The van der Waals surface area contributed by atoms with Gasteiger partial charge in [0.15, 0.2) is 5.69 Å². The molecule has 158 valence electrons. The van der Waals surface area contributed by atoms with Gasteiger partial charge in [0.2, 0.25) is 0 Å². The van der Waals surface area contributed by atoms with Crippen LogP contribution in [0.1, 0.15) is 35.2 Å². The van der Waals surface area contributed by atoms with Crippen LogP contribution in [0.15, 0.2) is 48.5 Å². The summed E-state index contributed by atoms with van der Waals surface area (Å²) in [6.07, 6.45) is 3.16. The van der Waals surface area contributed by atoms with Gasteiger partial charge in [-0.25, -0.2) is 9.64 Å². The standard InChI is InChI=1S/C24H29N3O3/c1-25-21-7-3-19(4-8-21)11-15-27-17-13-24(30,14-18-27)12-16-26(2)22-9-5-20(6-10-22)23(28)29/h3-10,30H,11-18H2,2H3,(H,28,29). The van der Waals surface area contributed by atoms with Crippen LogP contribution in [0.3, 0.4) is 0 Å². The average Bonchev–Trinajstić information content (AvgIpc) is 2.77. The summed E-state index contributed by atoms with van der Waals surface area (Å²) in [7, 11) is 1.97. The van der Waals surface area contributed by atoms with Gasteiger partial charge in [-0.1, -0.05) is 24.3 Å². The Balaban J connectivity index is 1.42. The molecule has 2 N–H and O–H groups in total. The Morgan fingerprint density at radius 2 is 1.77 bits per heavy atom. The van der Waals surface area contributed by atoms with E-state index in [-0.39, 0.29) is 5.56 Å². The van der Waals surface area contributed by atoms with Crippen LogP contribution in [0.2, 0.25) is 0 Å². The van der Waals surface area contributed by atoms with Crippen molar-refractivity contribution < 1.29 is 15.0 Å². The average molecular weight is 408 g/mol. The zero-order valence-corrected chi connectivity index (χ0v) is 17.4. The Kier molecular flexibility index (Phi) is 7.09. The highest BCUT2D eigenvalue weighted by Crippen LogP contribution is 2.27. The highest BCUT2D eigenvalue weighted by molar-refractivity contribution is 5.88. The summed E-state index contributed by atoms with van der Waals surface area (Å²) >= 11 is 0. The van der Waals surface area contributed by atoms with E-state index in [0.29, 0.717) is 12.1 Å². The number of benzene rings is 2. The van der Waals surface area contributed by atoms with Gasteiger partial charge in [0.25, 0.3) is 0 Å². The number of carbonyl (C=O) groups is 1. The minimum Gasteiger partial charge on any atom is -0.478 e. The molecule has 0 saturated carbocycles. The quantitative estimate of drug-likeness (QED) is 0.651. The molecule has 0 aromatic heterocycles. The molecule has 2 aromatic carbocycles. The van der Waals surface area contributed by atoms with Crippen LogP contribution in [0, 0.1) is 6.57 Å². The number of hydrogen-bond donors (Lipinski definition) is 2. The summed E-state index contributed by atoms with van der Waals surface area (Å²) in [6, 6.07) is 14.6. The van der Waals surface area contributed by atoms with E-state index in [9.17, 15) is 9.90 Å². The number of hydrogen-bond acceptors (Lipinski definition) is 4. The zero-order chi connectivity index (χ0) is 21.6. The van der Waals surface area contributed by atoms with Crippen LogP contribution in [0.4, 0.5) is 11.4 Å². The van der Waals surface area contributed by atoms with Gasteiger partial charge >= 0.3 is 5.97 Å². The lowest BCUT2D eigenvalue weighted by atomic mass is 9.88. The summed E-state index contributed by atoms with van der Waals surface area (Å²) < 4.78 is 0. The van der Waals surface area contributed by atoms with E-state index in [1.165, 1.54) is 5.56 Å². The predicted octanol–water partition coefficient (Wildman–Crippen LogP) is 3.83. The van der Waals surface area contributed by atoms with E-state index < -0.39 is 11.6 Å². The van der Waals surface area contributed by atoms with Gasteiger partial charge in [0.05, 0.1) is 17.7 Å². The van der Waals surface area contributed by atoms with Crippen molar-refractivity contribution in [2.24, 2.45) is 0 Å². The van der Waals surface area contributed by atoms with Gasteiger partial charge in [-0.05, 0) is 55.5 Å². The van der Waals surface area contributed by atoms with Crippen LogP contribution in [-0.2, 0) is 6.42 Å². The Hall–Kier alpha value is -2.88. The van der Waals surface area contributed by atoms with E-state index in [4.69, 9.17) is 11.7 Å². The molecule has 1 fully saturated rings. The van der Waals surface area contributed by atoms with Crippen LogP contribution in [-0.4, -0.2) is 59.9 Å². The third-order valence-electron chi connectivity index (χ3n) is 6.04. The van der Waals surface area contributed by atoms with Gasteiger partial charge in [0, 0.05) is 38.9 Å². The minimum atomic E-state index is -0.925. The van der Waals surface area contributed by atoms with Gasteiger partial charge in [-0.3, -0.25) is 0 Å². The second-order valence-corrected chi connectivity index (χ2v) is 8.12. The zero-order valence-electron chi connectivity index (χ0n) is 17.4. The third-order valence-corrected chi connectivity index (χ3v) is 6.04. The molecule has 1 saturated heterocycles. The fourth-order valence-electron chi connectivity index (χ4n) is 3.83. The summed E-state index contributed by atoms with van der Waals surface area (Å²) in [4.78, 5) is 18.8. The molecule has 6 heteroatoms. The summed E-state index contributed by atoms with van der Waals surface area (Å²) in [5.41, 5.74) is 2.48. The predicted molar refractivity (Wildman–Crippen MR) is 118 cm³/mol. The number of aromatic carboxylic acids is 1. The van der Waals surface area contributed by atoms with Crippen LogP contribution in [0.25, 0.3) is 4.85 Å². The smallest absolute Gasteiger partial charge is 0.335 e. The van der Waals surface area contributed by atoms with Crippen molar-refractivity contribution in [1.82, 2.24) is 4.90 Å². The van der Waals surface area contributed by atoms with Crippen molar-refractivity contribution in [3.63, 3.8) is 0 Å². The fourth-order valence-corrected chi connectivity index (χ4v) is 3.83. The van der Waals surface area contributed by atoms with Crippen molar-refractivity contribution in [3.05, 3.63) is 71.1 Å². The number of piperidine rings is 1. The van der Waals surface area contributed by atoms with E-state index in [0.717, 1.165) is 51.1 Å². The SMILES string of the molecule is [C-]#[N+]c1ccc(CCN2CCC(O)(CCN(C)c3ccc(C(=O)O)cc3)CC2)cc1. The first-order valence-electron chi connectivity index (χ1n) is 10.3. The molecular formula is C24H29N3O3. The van der Waals surface area contributed by atoms with Crippen LogP contribution in [0.5, 0.6) is 0 Å². The molecule has 0 radical (unpaired) electrons. The second-order valence-electron chi connectivity index (χ2n) is 8.12. The molecule has 1 heterocycles. The molecule has 0 aliphatic carbocycles. The first-order chi connectivity index (χ1) is 14.4. The summed E-state index contributed by atoms with van der Waals surface area (Å²) in [5.74, 6) is -0.925. The number of likely N-dealkylation sites (tertiary alicyclic amines) is 1. The van der Waals surface area contributed by atoms with E-state index in [1.54, 1.807) is 24.3 Å². The Morgan fingerprint density at radius 1 is 1.13 bits per heavy atom. The maximum atomic E-state index is 11.0. The third kappa shape index (κ3) is 5.82. The van der Waals surface area contributed by atoms with Gasteiger partial charge in [0.1, 0.15) is 0 Å². The fraction of sp³-hybridized carbons (Fsp3) is 0.417. The molecule has 2 aromatic rings. The van der Waals surface area contributed by atoms with Crippen molar-refractivity contribution in [2.45, 2.75) is 31.3 Å². The van der Waals surface area contributed by atoms with Crippen molar-refractivity contribution >= 4 is 17.3 Å². The number of aliphatic hydroxyl groups is 1. The first kappa shape index (κ1) is 21.8. The maximum Gasteiger partial charge on any atom is 0.335 e. The molecule has 30 heavy (non-hydrogen) atoms. The summed E-state index contributed by atoms with van der Waals surface area (Å²) in [6.45, 7) is 10.5. The molecule has 0 spiro atoms. The van der Waals surface area contributed by atoms with Crippen LogP contribution < -0.4 is 4.90 Å². The normalized spacial score (nSPS) is 16.0. The highest BCUT2D eigenvalue weighted by Gasteiger charge is 2.32. The molecule has 0 bridgehead atoms. The topological polar surface area (TPSA) is 68.4 Å². The first-order valence-corrected chi connectivity index (χ1v) is 10.3. The van der Waals surface area contributed by atoms with E-state index in [2.05, 4.69) is 14.6 Å². The van der Waals surface area contributed by atoms with Crippen molar-refractivity contribution in [1.29, 1.82) is 0 Å². The maximum absolute atomic E-state index is 11.0. The Morgan fingerprint density at radius 3 is 2.33 bits per heavy atom. The molecule has 1 aliphatic heterocycles. The van der Waals surface area contributed by atoms with E-state index >= 15 is 0 Å². The minimum absolute atomic E-state index is 0.278. The number of nitrogens with zero attached hydrogens (tertiary/aromatic N) is 3. The lowest BCUT2D eigenvalue weighted by molar-refractivity contribution is -0.0254. The van der Waals surface area contributed by atoms with E-state index in [1.807, 2.05) is 31.3 Å². The number of rotatable bonds is 8. The molecule has 0 amide bonds. The second kappa shape index (κ2) is 9.75. The molecule has 1 aliphatic rings. The molecular weight excluding hydrogens is 378 g/mol. The van der Waals surface area contributed by atoms with Crippen molar-refractivity contribution in [2.75, 3.05) is 38.1 Å². The monoisotopic (exact) mass is 407 g/mol. The lowest BCUT2D eigenvalue weighted by Crippen LogP contribution is -2.46. The van der Waals surface area contributed by atoms with Gasteiger partial charge in [-0.15, -0.1) is 0 Å². The molecule has 3 rings (SSSR count). The van der Waals surface area contributed by atoms with Gasteiger partial charge < -0.3 is 20.0 Å². The van der Waals surface area contributed by atoms with Gasteiger partial charge in [-0.2, -0.15) is 0 Å². The summed E-state index contributed by atoms with van der Waals surface area (Å²) in [5, 5.41) is 20.0.